The van der Waals surface area contributed by atoms with E-state index in [0.29, 0.717) is 17.0 Å². The van der Waals surface area contributed by atoms with Crippen LogP contribution >= 0.6 is 11.8 Å². The number of nitriles is 2. The molecule has 3 aromatic rings. The van der Waals surface area contributed by atoms with Crippen molar-refractivity contribution >= 4 is 33.3 Å². The second-order valence-electron chi connectivity index (χ2n) is 7.44. The number of hydrogen-bond acceptors (Lipinski definition) is 8. The number of thioether (sulfide) groups is 1. The molecule has 1 aromatic heterocycles. The van der Waals surface area contributed by atoms with Gasteiger partial charge >= 0.3 is 6.18 Å². The van der Waals surface area contributed by atoms with E-state index in [1.807, 2.05) is 12.1 Å². The van der Waals surface area contributed by atoms with Gasteiger partial charge in [0.2, 0.25) is 10.0 Å². The molecule has 2 aromatic carbocycles. The summed E-state index contributed by atoms with van der Waals surface area (Å²) in [6.45, 7) is -1.46. The molecule has 0 aliphatic rings. The van der Waals surface area contributed by atoms with Gasteiger partial charge in [-0.2, -0.15) is 23.7 Å². The molecular formula is C23H18F3N5O3S2. The Morgan fingerprint density at radius 2 is 1.78 bits per heavy atom. The van der Waals surface area contributed by atoms with Crippen LogP contribution in [0, 0.1) is 22.7 Å². The summed E-state index contributed by atoms with van der Waals surface area (Å²) in [4.78, 5) is 4.21. The van der Waals surface area contributed by atoms with Gasteiger partial charge in [0.15, 0.2) is 6.61 Å². The monoisotopic (exact) mass is 533 g/mol. The third-order valence-electron chi connectivity index (χ3n) is 4.57. The molecule has 0 amide bonds. The second-order valence-corrected chi connectivity index (χ2v) is 10.2. The molecule has 0 atom stereocenters. The largest absolute Gasteiger partial charge is 0.484 e. The quantitative estimate of drug-likeness (QED) is 0.398. The van der Waals surface area contributed by atoms with E-state index in [-0.39, 0.29) is 33.3 Å². The van der Waals surface area contributed by atoms with Crippen LogP contribution in [0.1, 0.15) is 16.7 Å². The van der Waals surface area contributed by atoms with Gasteiger partial charge in [0.1, 0.15) is 34.3 Å². The average Bonchev–Trinajstić information content (AvgIpc) is 2.80. The average molecular weight is 534 g/mol. The number of pyridine rings is 1. The van der Waals surface area contributed by atoms with Crippen LogP contribution < -0.4 is 15.2 Å². The van der Waals surface area contributed by atoms with Gasteiger partial charge in [-0.1, -0.05) is 24.3 Å². The summed E-state index contributed by atoms with van der Waals surface area (Å²) in [6, 6.07) is 16.1. The minimum Gasteiger partial charge on any atom is -0.484 e. The van der Waals surface area contributed by atoms with Crippen LogP contribution in [0.4, 0.5) is 24.7 Å². The molecule has 0 radical (unpaired) electrons. The molecular weight excluding hydrogens is 515 g/mol. The number of ether oxygens (including phenoxy) is 1. The lowest BCUT2D eigenvalue weighted by molar-refractivity contribution is -0.153. The minimum atomic E-state index is -4.49. The third kappa shape index (κ3) is 7.04. The Balaban J connectivity index is 1.94. The SMILES string of the molecule is CS(=O)(=O)Nc1cccc(CSc2nc(N)c(C#N)c(-c3ccc(OCC(F)(F)F)cc3)c2C#N)c1. The number of rotatable bonds is 8. The first-order chi connectivity index (χ1) is 16.9. The lowest BCUT2D eigenvalue weighted by Crippen LogP contribution is -2.19. The highest BCUT2D eigenvalue weighted by Crippen LogP contribution is 2.37. The Kier molecular flexibility index (Phi) is 7.97. The van der Waals surface area contributed by atoms with Crippen molar-refractivity contribution < 1.29 is 26.3 Å². The molecule has 0 aliphatic carbocycles. The Morgan fingerprint density at radius 1 is 1.11 bits per heavy atom. The smallest absolute Gasteiger partial charge is 0.422 e. The van der Waals surface area contributed by atoms with Crippen LogP contribution in [0.25, 0.3) is 11.1 Å². The number of anilines is 2. The van der Waals surface area contributed by atoms with Crippen LogP contribution in [-0.2, 0) is 15.8 Å². The van der Waals surface area contributed by atoms with E-state index >= 15 is 0 Å². The van der Waals surface area contributed by atoms with E-state index in [2.05, 4.69) is 9.71 Å². The number of sulfonamides is 1. The van der Waals surface area contributed by atoms with Crippen molar-refractivity contribution in [2.75, 3.05) is 23.3 Å². The summed E-state index contributed by atoms with van der Waals surface area (Å²) in [6.07, 6.45) is -3.46. The highest BCUT2D eigenvalue weighted by atomic mass is 32.2. The molecule has 1 heterocycles. The van der Waals surface area contributed by atoms with Gasteiger partial charge in [-0.25, -0.2) is 13.4 Å². The Hall–Kier alpha value is -3.94. The van der Waals surface area contributed by atoms with Crippen molar-refractivity contribution in [3.05, 3.63) is 65.2 Å². The molecule has 36 heavy (non-hydrogen) atoms. The first kappa shape index (κ1) is 26.7. The lowest BCUT2D eigenvalue weighted by Gasteiger charge is -2.14. The molecule has 0 spiro atoms. The van der Waals surface area contributed by atoms with Gasteiger partial charge in [-0.15, -0.1) is 11.8 Å². The van der Waals surface area contributed by atoms with E-state index in [1.165, 1.54) is 24.3 Å². The van der Waals surface area contributed by atoms with Gasteiger partial charge < -0.3 is 10.5 Å². The molecule has 0 aliphatic heterocycles. The molecule has 0 saturated carbocycles. The molecule has 3 rings (SSSR count). The maximum atomic E-state index is 12.4. The topological polar surface area (TPSA) is 142 Å². The fourth-order valence-electron chi connectivity index (χ4n) is 3.16. The van der Waals surface area contributed by atoms with Crippen LogP contribution in [0.15, 0.2) is 53.6 Å². The molecule has 186 valence electrons. The zero-order valence-corrected chi connectivity index (χ0v) is 20.3. The predicted octanol–water partition coefficient (Wildman–Crippen LogP) is 4.68. The summed E-state index contributed by atoms with van der Waals surface area (Å²) in [5.41, 5.74) is 7.70. The molecule has 13 heteroatoms. The Bertz CT molecular complexity index is 1460. The van der Waals surface area contributed by atoms with Crippen molar-refractivity contribution in [3.63, 3.8) is 0 Å². The molecule has 0 unspecified atom stereocenters. The Labute approximate surface area is 209 Å². The summed E-state index contributed by atoms with van der Waals surface area (Å²) in [7, 11) is -3.46. The summed E-state index contributed by atoms with van der Waals surface area (Å²) < 4.78 is 67.3. The van der Waals surface area contributed by atoms with Crippen molar-refractivity contribution in [2.45, 2.75) is 17.0 Å². The normalized spacial score (nSPS) is 11.4. The van der Waals surface area contributed by atoms with E-state index in [1.54, 1.807) is 24.3 Å². The van der Waals surface area contributed by atoms with E-state index < -0.39 is 22.8 Å². The number of nitrogens with two attached hydrogens (primary N) is 1. The van der Waals surface area contributed by atoms with E-state index in [0.717, 1.165) is 23.6 Å². The number of nitrogen functional groups attached to an aromatic ring is 1. The number of nitrogens with zero attached hydrogens (tertiary/aromatic N) is 3. The molecule has 8 nitrogen and oxygen atoms in total. The number of halogens is 3. The number of alkyl halides is 3. The summed E-state index contributed by atoms with van der Waals surface area (Å²) in [5.74, 6) is 0.155. The van der Waals surface area contributed by atoms with Crippen molar-refractivity contribution in [3.8, 4) is 29.0 Å². The number of nitrogens with one attached hydrogen (secondary N) is 1. The fraction of sp³-hybridized carbons (Fsp3) is 0.174. The van der Waals surface area contributed by atoms with E-state index in [9.17, 15) is 32.1 Å². The highest BCUT2D eigenvalue weighted by Gasteiger charge is 2.28. The third-order valence-corrected chi connectivity index (χ3v) is 6.22. The van der Waals surface area contributed by atoms with Gasteiger partial charge in [0, 0.05) is 17.0 Å². The second kappa shape index (κ2) is 10.8. The summed E-state index contributed by atoms with van der Waals surface area (Å²) >= 11 is 1.16. The number of aromatic nitrogens is 1. The van der Waals surface area contributed by atoms with Gasteiger partial charge in [-0.3, -0.25) is 4.72 Å². The maximum Gasteiger partial charge on any atom is 0.422 e. The molecule has 0 fully saturated rings. The summed E-state index contributed by atoms with van der Waals surface area (Å²) in [5, 5.41) is 19.8. The number of hydrogen-bond donors (Lipinski definition) is 2. The van der Waals surface area contributed by atoms with Crippen LogP contribution in [0.3, 0.4) is 0 Å². The van der Waals surface area contributed by atoms with E-state index in [4.69, 9.17) is 10.5 Å². The first-order valence-electron chi connectivity index (χ1n) is 10.0. The van der Waals surface area contributed by atoms with Crippen molar-refractivity contribution in [1.29, 1.82) is 10.5 Å². The van der Waals surface area contributed by atoms with Crippen molar-refractivity contribution in [1.82, 2.24) is 4.98 Å². The molecule has 3 N–H and O–H groups in total. The van der Waals surface area contributed by atoms with Crippen LogP contribution in [0.5, 0.6) is 5.75 Å². The van der Waals surface area contributed by atoms with Gasteiger partial charge in [0.05, 0.1) is 11.8 Å². The zero-order valence-electron chi connectivity index (χ0n) is 18.6. The fourth-order valence-corrected chi connectivity index (χ4v) is 4.66. The maximum absolute atomic E-state index is 12.4. The molecule has 0 bridgehead atoms. The van der Waals surface area contributed by atoms with Gasteiger partial charge in [0.25, 0.3) is 0 Å². The number of benzene rings is 2. The Morgan fingerprint density at radius 3 is 2.36 bits per heavy atom. The van der Waals surface area contributed by atoms with Crippen LogP contribution in [0.2, 0.25) is 0 Å². The van der Waals surface area contributed by atoms with Gasteiger partial charge in [-0.05, 0) is 35.4 Å². The molecule has 0 saturated heterocycles. The predicted molar refractivity (Wildman–Crippen MR) is 130 cm³/mol. The zero-order chi connectivity index (χ0) is 26.5. The van der Waals surface area contributed by atoms with Crippen molar-refractivity contribution in [2.24, 2.45) is 0 Å². The minimum absolute atomic E-state index is 0.0349. The highest BCUT2D eigenvalue weighted by molar-refractivity contribution is 7.98. The lowest BCUT2D eigenvalue weighted by atomic mass is 9.97. The first-order valence-corrected chi connectivity index (χ1v) is 12.9. The standard InChI is InChI=1S/C23H18F3N5O3S2/c1-36(32,33)31-16-4-2-3-14(9-16)12-35-22-19(11-28)20(18(10-27)21(29)30-22)15-5-7-17(8-6-15)34-13-23(24,25)26/h2-9,31H,12-13H2,1H3,(H2,29,30). The van der Waals surface area contributed by atoms with Crippen LogP contribution in [-0.4, -0.2) is 32.4 Å².